The minimum Gasteiger partial charge on any atom is -0.464 e. The van der Waals surface area contributed by atoms with Gasteiger partial charge in [0.15, 0.2) is 0 Å². The van der Waals surface area contributed by atoms with Gasteiger partial charge in [-0.25, -0.2) is 4.39 Å². The van der Waals surface area contributed by atoms with Crippen molar-refractivity contribution >= 4 is 11.0 Å². The normalized spacial score (nSPS) is 19.2. The summed E-state index contributed by atoms with van der Waals surface area (Å²) in [6.45, 7) is 0.562. The average molecular weight is 247 g/mol. The number of nitrogens with two attached hydrogens (primary N) is 1. The quantitative estimate of drug-likeness (QED) is 0.878. The van der Waals surface area contributed by atoms with Gasteiger partial charge < -0.3 is 10.2 Å². The lowest BCUT2D eigenvalue weighted by molar-refractivity contribution is 0.299. The van der Waals surface area contributed by atoms with Crippen molar-refractivity contribution in [1.82, 2.24) is 0 Å². The van der Waals surface area contributed by atoms with Gasteiger partial charge >= 0.3 is 0 Å². The molecule has 1 aromatic heterocycles. The van der Waals surface area contributed by atoms with Crippen LogP contribution in [0.5, 0.6) is 0 Å². The van der Waals surface area contributed by atoms with Gasteiger partial charge in [0, 0.05) is 22.9 Å². The molecule has 0 bridgehead atoms. The number of furan rings is 1. The lowest BCUT2D eigenvalue weighted by Crippen LogP contribution is -2.37. The van der Waals surface area contributed by atoms with E-state index in [2.05, 4.69) is 0 Å². The van der Waals surface area contributed by atoms with Gasteiger partial charge in [0.2, 0.25) is 0 Å². The summed E-state index contributed by atoms with van der Waals surface area (Å²) >= 11 is 0. The van der Waals surface area contributed by atoms with E-state index in [0.717, 1.165) is 42.2 Å². The first kappa shape index (κ1) is 11.7. The van der Waals surface area contributed by atoms with Crippen LogP contribution in [-0.2, 0) is 5.41 Å². The fraction of sp³-hybridized carbons (Fsp3) is 0.467. The Morgan fingerprint density at radius 3 is 2.72 bits per heavy atom. The topological polar surface area (TPSA) is 39.2 Å². The van der Waals surface area contributed by atoms with Crippen molar-refractivity contribution in [1.29, 1.82) is 0 Å². The zero-order valence-electron chi connectivity index (χ0n) is 10.4. The molecule has 1 saturated carbocycles. The molecule has 2 aromatic rings. The Morgan fingerprint density at radius 1 is 1.22 bits per heavy atom. The van der Waals surface area contributed by atoms with E-state index in [1.165, 1.54) is 12.5 Å². The molecule has 18 heavy (non-hydrogen) atoms. The third kappa shape index (κ3) is 1.74. The number of halogens is 1. The Hall–Kier alpha value is -1.35. The van der Waals surface area contributed by atoms with Crippen LogP contribution in [0.1, 0.15) is 37.7 Å². The zero-order valence-corrected chi connectivity index (χ0v) is 10.4. The van der Waals surface area contributed by atoms with Crippen molar-refractivity contribution in [3.63, 3.8) is 0 Å². The summed E-state index contributed by atoms with van der Waals surface area (Å²) in [4.78, 5) is 0. The fourth-order valence-electron chi connectivity index (χ4n) is 3.25. The average Bonchev–Trinajstić information content (AvgIpc) is 2.86. The van der Waals surface area contributed by atoms with Gasteiger partial charge in [0.25, 0.3) is 0 Å². The third-order valence-electron chi connectivity index (χ3n) is 4.29. The largest absolute Gasteiger partial charge is 0.464 e. The molecule has 2 N–H and O–H groups in total. The Balaban J connectivity index is 2.19. The predicted octanol–water partition coefficient (Wildman–Crippen LogP) is 3.73. The monoisotopic (exact) mass is 247 g/mol. The molecular formula is C15H18FNO. The Bertz CT molecular complexity index is 555. The first-order chi connectivity index (χ1) is 8.75. The Labute approximate surface area is 106 Å². The minimum absolute atomic E-state index is 0.101. The van der Waals surface area contributed by atoms with Crippen LogP contribution in [-0.4, -0.2) is 6.54 Å². The lowest BCUT2D eigenvalue weighted by Gasteiger charge is -2.36. The highest BCUT2D eigenvalue weighted by atomic mass is 19.1. The highest BCUT2D eigenvalue weighted by molar-refractivity contribution is 5.81. The van der Waals surface area contributed by atoms with Crippen molar-refractivity contribution in [2.24, 2.45) is 5.73 Å². The summed E-state index contributed by atoms with van der Waals surface area (Å²) in [5.41, 5.74) is 7.69. The maximum Gasteiger partial charge on any atom is 0.137 e. The summed E-state index contributed by atoms with van der Waals surface area (Å²) in [5, 5.41) is 0.836. The minimum atomic E-state index is -0.197. The highest BCUT2D eigenvalue weighted by Crippen LogP contribution is 2.42. The maximum absolute atomic E-state index is 13.8. The van der Waals surface area contributed by atoms with Crippen molar-refractivity contribution < 1.29 is 8.81 Å². The molecule has 0 saturated heterocycles. The Morgan fingerprint density at radius 2 is 2.00 bits per heavy atom. The fourth-order valence-corrected chi connectivity index (χ4v) is 3.25. The van der Waals surface area contributed by atoms with Gasteiger partial charge in [-0.3, -0.25) is 0 Å². The molecule has 1 aromatic carbocycles. The smallest absolute Gasteiger partial charge is 0.137 e. The second-order valence-corrected chi connectivity index (χ2v) is 5.34. The number of hydrogen-bond acceptors (Lipinski definition) is 2. The van der Waals surface area contributed by atoms with Crippen molar-refractivity contribution in [2.45, 2.75) is 37.5 Å². The molecule has 1 aliphatic carbocycles. The van der Waals surface area contributed by atoms with Crippen molar-refractivity contribution in [3.05, 3.63) is 35.8 Å². The molecule has 0 unspecified atom stereocenters. The first-order valence-corrected chi connectivity index (χ1v) is 6.62. The van der Waals surface area contributed by atoms with Gasteiger partial charge in [0.05, 0.1) is 6.26 Å². The molecule has 0 radical (unpaired) electrons. The van der Waals surface area contributed by atoms with Gasteiger partial charge in [-0.1, -0.05) is 19.3 Å². The molecule has 1 heterocycles. The van der Waals surface area contributed by atoms with E-state index in [4.69, 9.17) is 10.2 Å². The molecule has 1 aliphatic rings. The van der Waals surface area contributed by atoms with E-state index in [-0.39, 0.29) is 11.2 Å². The van der Waals surface area contributed by atoms with Crippen LogP contribution < -0.4 is 5.73 Å². The zero-order chi connectivity index (χ0) is 12.6. The molecule has 3 heteroatoms. The molecule has 1 fully saturated rings. The van der Waals surface area contributed by atoms with Crippen LogP contribution in [0.3, 0.4) is 0 Å². The molecule has 2 nitrogen and oxygen atoms in total. The van der Waals surface area contributed by atoms with E-state index >= 15 is 0 Å². The van der Waals surface area contributed by atoms with Gasteiger partial charge in [-0.2, -0.15) is 0 Å². The molecule has 0 amide bonds. The van der Waals surface area contributed by atoms with Crippen LogP contribution in [0.25, 0.3) is 11.0 Å². The van der Waals surface area contributed by atoms with Gasteiger partial charge in [-0.15, -0.1) is 0 Å². The molecule has 96 valence electrons. The summed E-state index contributed by atoms with van der Waals surface area (Å²) in [6, 6.07) is 4.95. The van der Waals surface area contributed by atoms with Crippen LogP contribution in [0.15, 0.2) is 28.9 Å². The Kier molecular flexibility index (Phi) is 2.86. The van der Waals surface area contributed by atoms with E-state index < -0.39 is 0 Å². The van der Waals surface area contributed by atoms with E-state index in [9.17, 15) is 4.39 Å². The predicted molar refractivity (Wildman–Crippen MR) is 70.0 cm³/mol. The second kappa shape index (κ2) is 4.39. The summed E-state index contributed by atoms with van der Waals surface area (Å²) in [6.07, 6.45) is 7.26. The maximum atomic E-state index is 13.8. The van der Waals surface area contributed by atoms with Gasteiger partial charge in [0.1, 0.15) is 11.4 Å². The highest BCUT2D eigenvalue weighted by Gasteiger charge is 2.35. The number of fused-ring (bicyclic) bond motifs is 1. The second-order valence-electron chi connectivity index (χ2n) is 5.34. The third-order valence-corrected chi connectivity index (χ3v) is 4.29. The number of rotatable bonds is 2. The standard InChI is InChI=1S/C15H18FNO/c16-12-8-11-4-7-18-14(11)13(9-12)15(10-17)5-2-1-3-6-15/h4,7-9H,1-3,5-6,10,17H2. The molecule has 0 aliphatic heterocycles. The summed E-state index contributed by atoms with van der Waals surface area (Å²) < 4.78 is 19.3. The van der Waals surface area contributed by atoms with Crippen molar-refractivity contribution in [3.8, 4) is 0 Å². The lowest BCUT2D eigenvalue weighted by atomic mass is 9.69. The molecule has 0 spiro atoms. The van der Waals surface area contributed by atoms with E-state index in [1.807, 2.05) is 6.07 Å². The summed E-state index contributed by atoms with van der Waals surface area (Å²) in [7, 11) is 0. The van der Waals surface area contributed by atoms with E-state index in [1.54, 1.807) is 12.3 Å². The number of benzene rings is 1. The SMILES string of the molecule is NCC1(c2cc(F)cc3ccoc23)CCCCC1. The van der Waals surface area contributed by atoms with Crippen LogP contribution in [0.2, 0.25) is 0 Å². The van der Waals surface area contributed by atoms with Gasteiger partial charge in [-0.05, 0) is 31.0 Å². The molecule has 0 atom stereocenters. The number of hydrogen-bond donors (Lipinski definition) is 1. The summed E-state index contributed by atoms with van der Waals surface area (Å²) in [5.74, 6) is -0.197. The first-order valence-electron chi connectivity index (χ1n) is 6.62. The van der Waals surface area contributed by atoms with Crippen LogP contribution in [0, 0.1) is 5.82 Å². The molecule has 3 rings (SSSR count). The van der Waals surface area contributed by atoms with E-state index in [0.29, 0.717) is 6.54 Å². The van der Waals surface area contributed by atoms with Crippen LogP contribution >= 0.6 is 0 Å². The molecular weight excluding hydrogens is 229 g/mol. The van der Waals surface area contributed by atoms with Crippen molar-refractivity contribution in [2.75, 3.05) is 6.54 Å². The van der Waals surface area contributed by atoms with Crippen LogP contribution in [0.4, 0.5) is 4.39 Å².